The Hall–Kier alpha value is -1.13. The van der Waals surface area contributed by atoms with Gasteiger partial charge in [-0.1, -0.05) is 0 Å². The maximum atomic E-state index is 5.60. The summed E-state index contributed by atoms with van der Waals surface area (Å²) in [6.07, 6.45) is 4.80. The van der Waals surface area contributed by atoms with Crippen molar-refractivity contribution in [2.75, 3.05) is 20.3 Å². The molecule has 1 saturated heterocycles. The van der Waals surface area contributed by atoms with E-state index in [-0.39, 0.29) is 0 Å². The zero-order valence-electron chi connectivity index (χ0n) is 8.85. The zero-order valence-corrected chi connectivity index (χ0v) is 8.85. The van der Waals surface area contributed by atoms with E-state index in [0.29, 0.717) is 18.8 Å². The van der Waals surface area contributed by atoms with Crippen LogP contribution in [0.5, 0.6) is 5.75 Å². The molecule has 1 N–H and O–H groups in total. The van der Waals surface area contributed by atoms with Gasteiger partial charge < -0.3 is 14.8 Å². The maximum Gasteiger partial charge on any atom is 0.137 e. The van der Waals surface area contributed by atoms with Gasteiger partial charge in [0.2, 0.25) is 0 Å². The van der Waals surface area contributed by atoms with E-state index in [1.165, 1.54) is 0 Å². The standard InChI is InChI=1S/C11H16N2O2/c1-14-11-5-9(13-7-11)8-15-10-3-2-4-12-6-10/h2-4,6,9,11,13H,5,7-8H2,1H3. The van der Waals surface area contributed by atoms with Gasteiger partial charge in [-0.25, -0.2) is 0 Å². The molecule has 0 aromatic carbocycles. The first kappa shape index (κ1) is 10.4. The van der Waals surface area contributed by atoms with Gasteiger partial charge in [0.05, 0.1) is 12.3 Å². The first-order valence-corrected chi connectivity index (χ1v) is 5.17. The van der Waals surface area contributed by atoms with Crippen LogP contribution in [0.3, 0.4) is 0 Å². The van der Waals surface area contributed by atoms with Gasteiger partial charge in [-0.15, -0.1) is 0 Å². The molecule has 4 nitrogen and oxygen atoms in total. The molecular weight excluding hydrogens is 192 g/mol. The van der Waals surface area contributed by atoms with E-state index in [4.69, 9.17) is 9.47 Å². The Morgan fingerprint density at radius 2 is 2.53 bits per heavy atom. The molecule has 15 heavy (non-hydrogen) atoms. The molecule has 4 heteroatoms. The molecule has 1 aliphatic rings. The molecule has 2 heterocycles. The molecule has 0 aliphatic carbocycles. The largest absolute Gasteiger partial charge is 0.490 e. The topological polar surface area (TPSA) is 43.4 Å². The van der Waals surface area contributed by atoms with Gasteiger partial charge in [-0.3, -0.25) is 4.98 Å². The molecule has 0 amide bonds. The number of hydrogen-bond donors (Lipinski definition) is 1. The Kier molecular flexibility index (Phi) is 3.53. The Morgan fingerprint density at radius 1 is 1.60 bits per heavy atom. The van der Waals surface area contributed by atoms with Gasteiger partial charge in [0, 0.05) is 25.9 Å². The predicted molar refractivity (Wildman–Crippen MR) is 56.9 cm³/mol. The van der Waals surface area contributed by atoms with E-state index in [1.807, 2.05) is 12.1 Å². The van der Waals surface area contributed by atoms with Crippen molar-refractivity contribution in [1.82, 2.24) is 10.3 Å². The van der Waals surface area contributed by atoms with Crippen molar-refractivity contribution >= 4 is 0 Å². The molecule has 1 aromatic rings. The Morgan fingerprint density at radius 3 is 3.20 bits per heavy atom. The average molecular weight is 208 g/mol. The molecule has 0 spiro atoms. The summed E-state index contributed by atoms with van der Waals surface area (Å²) in [5, 5.41) is 3.36. The molecule has 0 radical (unpaired) electrons. The van der Waals surface area contributed by atoms with Crippen LogP contribution in [0.2, 0.25) is 0 Å². The smallest absolute Gasteiger partial charge is 0.137 e. The van der Waals surface area contributed by atoms with Crippen LogP contribution < -0.4 is 10.1 Å². The summed E-state index contributed by atoms with van der Waals surface area (Å²) in [7, 11) is 1.75. The van der Waals surface area contributed by atoms with E-state index < -0.39 is 0 Å². The van der Waals surface area contributed by atoms with Crippen LogP contribution in [-0.4, -0.2) is 37.4 Å². The number of hydrogen-bond acceptors (Lipinski definition) is 4. The number of nitrogens with one attached hydrogen (secondary N) is 1. The molecule has 0 bridgehead atoms. The van der Waals surface area contributed by atoms with Gasteiger partial charge in [0.15, 0.2) is 0 Å². The minimum absolute atomic E-state index is 0.326. The number of ether oxygens (including phenoxy) is 2. The van der Waals surface area contributed by atoms with E-state index in [0.717, 1.165) is 18.7 Å². The van der Waals surface area contributed by atoms with E-state index in [2.05, 4.69) is 10.3 Å². The van der Waals surface area contributed by atoms with Crippen molar-refractivity contribution < 1.29 is 9.47 Å². The predicted octanol–water partition coefficient (Wildman–Crippen LogP) is 0.837. The summed E-state index contributed by atoms with van der Waals surface area (Å²) >= 11 is 0. The first-order chi connectivity index (χ1) is 7.38. The van der Waals surface area contributed by atoms with E-state index in [1.54, 1.807) is 19.5 Å². The minimum atomic E-state index is 0.326. The lowest BCUT2D eigenvalue weighted by molar-refractivity contribution is 0.115. The number of rotatable bonds is 4. The quantitative estimate of drug-likeness (QED) is 0.796. The van der Waals surface area contributed by atoms with Crippen molar-refractivity contribution in [1.29, 1.82) is 0 Å². The van der Waals surface area contributed by atoms with Crippen LogP contribution in [0.1, 0.15) is 6.42 Å². The summed E-state index contributed by atoms with van der Waals surface area (Å²) in [5.41, 5.74) is 0. The summed E-state index contributed by atoms with van der Waals surface area (Å²) in [6.45, 7) is 1.59. The molecule has 2 unspecified atom stereocenters. The second kappa shape index (κ2) is 5.09. The Balaban J connectivity index is 1.75. The Labute approximate surface area is 89.6 Å². The third-order valence-corrected chi connectivity index (χ3v) is 2.60. The molecule has 1 fully saturated rings. The summed E-state index contributed by atoms with van der Waals surface area (Å²) < 4.78 is 10.9. The second-order valence-corrected chi connectivity index (χ2v) is 3.70. The molecular formula is C11H16N2O2. The van der Waals surface area contributed by atoms with Gasteiger partial charge in [0.1, 0.15) is 12.4 Å². The highest BCUT2D eigenvalue weighted by Gasteiger charge is 2.23. The third-order valence-electron chi connectivity index (χ3n) is 2.60. The lowest BCUT2D eigenvalue weighted by atomic mass is 10.2. The normalized spacial score (nSPS) is 25.4. The highest BCUT2D eigenvalue weighted by atomic mass is 16.5. The number of methoxy groups -OCH3 is 1. The monoisotopic (exact) mass is 208 g/mol. The van der Waals surface area contributed by atoms with Crippen molar-refractivity contribution in [2.24, 2.45) is 0 Å². The molecule has 1 aromatic heterocycles. The number of pyridine rings is 1. The van der Waals surface area contributed by atoms with Gasteiger partial charge in [-0.2, -0.15) is 0 Å². The summed E-state index contributed by atoms with van der Waals surface area (Å²) in [4.78, 5) is 3.99. The molecule has 82 valence electrons. The van der Waals surface area contributed by atoms with E-state index in [9.17, 15) is 0 Å². The number of nitrogens with zero attached hydrogens (tertiary/aromatic N) is 1. The van der Waals surface area contributed by atoms with Crippen LogP contribution in [0, 0.1) is 0 Å². The lowest BCUT2D eigenvalue weighted by Gasteiger charge is -2.11. The second-order valence-electron chi connectivity index (χ2n) is 3.70. The van der Waals surface area contributed by atoms with Crippen LogP contribution in [-0.2, 0) is 4.74 Å². The van der Waals surface area contributed by atoms with Crippen molar-refractivity contribution in [3.63, 3.8) is 0 Å². The van der Waals surface area contributed by atoms with Crippen LogP contribution in [0.4, 0.5) is 0 Å². The molecule has 2 atom stereocenters. The van der Waals surface area contributed by atoms with Crippen molar-refractivity contribution in [2.45, 2.75) is 18.6 Å². The third kappa shape index (κ3) is 2.91. The van der Waals surface area contributed by atoms with Crippen molar-refractivity contribution in [3.05, 3.63) is 24.5 Å². The first-order valence-electron chi connectivity index (χ1n) is 5.17. The van der Waals surface area contributed by atoms with Crippen LogP contribution in [0.25, 0.3) is 0 Å². The molecule has 2 rings (SSSR count). The average Bonchev–Trinajstić information content (AvgIpc) is 2.76. The van der Waals surface area contributed by atoms with Crippen LogP contribution in [0.15, 0.2) is 24.5 Å². The van der Waals surface area contributed by atoms with Crippen LogP contribution >= 0.6 is 0 Å². The maximum absolute atomic E-state index is 5.60. The zero-order chi connectivity index (χ0) is 10.5. The van der Waals surface area contributed by atoms with Gasteiger partial charge in [-0.05, 0) is 18.6 Å². The SMILES string of the molecule is COC1CNC(COc2cccnc2)C1. The highest BCUT2D eigenvalue weighted by Crippen LogP contribution is 2.12. The fraction of sp³-hybridized carbons (Fsp3) is 0.545. The fourth-order valence-electron chi connectivity index (χ4n) is 1.72. The Bertz CT molecular complexity index is 292. The van der Waals surface area contributed by atoms with E-state index >= 15 is 0 Å². The summed E-state index contributed by atoms with van der Waals surface area (Å²) in [5.74, 6) is 0.820. The summed E-state index contributed by atoms with van der Waals surface area (Å²) in [6, 6.07) is 4.17. The lowest BCUT2D eigenvalue weighted by Crippen LogP contribution is -2.28. The number of aromatic nitrogens is 1. The van der Waals surface area contributed by atoms with Gasteiger partial charge in [0.25, 0.3) is 0 Å². The van der Waals surface area contributed by atoms with Gasteiger partial charge >= 0.3 is 0 Å². The minimum Gasteiger partial charge on any atom is -0.490 e. The van der Waals surface area contributed by atoms with Crippen molar-refractivity contribution in [3.8, 4) is 5.75 Å². The molecule has 1 aliphatic heterocycles. The fourth-order valence-corrected chi connectivity index (χ4v) is 1.72. The highest BCUT2D eigenvalue weighted by molar-refractivity contribution is 5.15. The molecule has 0 saturated carbocycles.